The highest BCUT2D eigenvalue weighted by Gasteiger charge is 2.22. The van der Waals surface area contributed by atoms with Crippen molar-refractivity contribution < 1.29 is 8.42 Å². The maximum Gasteiger partial charge on any atom is 0.206 e. The Bertz CT molecular complexity index is 771. The molecule has 0 aliphatic carbocycles. The fourth-order valence-corrected chi connectivity index (χ4v) is 3.32. The molecule has 0 saturated heterocycles. The van der Waals surface area contributed by atoms with E-state index in [-0.39, 0.29) is 9.80 Å². The standard InChI is InChI=1S/C17H21N3O2S/c1-14(23(21,22)15-7-5-4-6-8-15)16-13-18-10-9-17(16)19-11-12-20(2)3/h4-10,13H,1,11-12H2,2-3H3,(H,18,19). The van der Waals surface area contributed by atoms with Gasteiger partial charge in [-0.1, -0.05) is 24.8 Å². The summed E-state index contributed by atoms with van der Waals surface area (Å²) < 4.78 is 25.4. The Hall–Kier alpha value is -2.18. The number of nitrogens with zero attached hydrogens (tertiary/aromatic N) is 2. The minimum atomic E-state index is -3.64. The summed E-state index contributed by atoms with van der Waals surface area (Å²) in [5, 5.41) is 3.24. The van der Waals surface area contributed by atoms with Crippen LogP contribution in [0, 0.1) is 0 Å². The van der Waals surface area contributed by atoms with Crippen LogP contribution in [0.15, 0.2) is 60.3 Å². The van der Waals surface area contributed by atoms with Crippen LogP contribution in [0.4, 0.5) is 5.69 Å². The molecule has 1 N–H and O–H groups in total. The molecule has 1 aromatic carbocycles. The van der Waals surface area contributed by atoms with E-state index in [1.165, 1.54) is 6.20 Å². The van der Waals surface area contributed by atoms with Gasteiger partial charge in [-0.05, 0) is 32.3 Å². The third-order valence-corrected chi connectivity index (χ3v) is 5.14. The van der Waals surface area contributed by atoms with Crippen molar-refractivity contribution in [3.8, 4) is 0 Å². The molecule has 0 atom stereocenters. The number of likely N-dealkylation sites (N-methyl/N-ethyl adjacent to an activating group) is 1. The number of sulfone groups is 1. The Morgan fingerprint density at radius 2 is 1.91 bits per heavy atom. The number of anilines is 1. The van der Waals surface area contributed by atoms with Crippen molar-refractivity contribution in [2.45, 2.75) is 4.90 Å². The van der Waals surface area contributed by atoms with Crippen molar-refractivity contribution in [2.75, 3.05) is 32.5 Å². The van der Waals surface area contributed by atoms with Gasteiger partial charge in [0.15, 0.2) is 0 Å². The largest absolute Gasteiger partial charge is 0.383 e. The van der Waals surface area contributed by atoms with E-state index in [1.807, 2.05) is 19.0 Å². The molecule has 0 amide bonds. The second-order valence-corrected chi connectivity index (χ2v) is 7.36. The summed E-state index contributed by atoms with van der Waals surface area (Å²) in [5.41, 5.74) is 1.21. The summed E-state index contributed by atoms with van der Waals surface area (Å²) in [6, 6.07) is 10.1. The normalized spacial score (nSPS) is 11.4. The van der Waals surface area contributed by atoms with Gasteiger partial charge in [0.2, 0.25) is 9.84 Å². The monoisotopic (exact) mass is 331 g/mol. The predicted octanol–water partition coefficient (Wildman–Crippen LogP) is 2.50. The van der Waals surface area contributed by atoms with Gasteiger partial charge in [0.25, 0.3) is 0 Å². The minimum Gasteiger partial charge on any atom is -0.383 e. The maximum absolute atomic E-state index is 12.7. The average Bonchev–Trinajstić information content (AvgIpc) is 2.55. The second kappa shape index (κ2) is 7.39. The van der Waals surface area contributed by atoms with Crippen molar-refractivity contribution in [3.05, 3.63) is 60.9 Å². The summed E-state index contributed by atoms with van der Waals surface area (Å²) in [4.78, 5) is 6.36. The predicted molar refractivity (Wildman–Crippen MR) is 93.9 cm³/mol. The maximum atomic E-state index is 12.7. The van der Waals surface area contributed by atoms with Gasteiger partial charge in [0.05, 0.1) is 9.80 Å². The molecule has 2 rings (SSSR count). The van der Waals surface area contributed by atoms with Gasteiger partial charge in [0.1, 0.15) is 0 Å². The summed E-state index contributed by atoms with van der Waals surface area (Å²) >= 11 is 0. The smallest absolute Gasteiger partial charge is 0.206 e. The molecule has 122 valence electrons. The fourth-order valence-electron chi connectivity index (χ4n) is 2.07. The lowest BCUT2D eigenvalue weighted by molar-refractivity contribution is 0.425. The van der Waals surface area contributed by atoms with E-state index >= 15 is 0 Å². The van der Waals surface area contributed by atoms with Crippen molar-refractivity contribution in [1.29, 1.82) is 0 Å². The zero-order valence-corrected chi connectivity index (χ0v) is 14.2. The third kappa shape index (κ3) is 4.18. The summed E-state index contributed by atoms with van der Waals surface area (Å²) in [7, 11) is 0.319. The van der Waals surface area contributed by atoms with Crippen LogP contribution in [-0.2, 0) is 9.84 Å². The Balaban J connectivity index is 2.29. The van der Waals surface area contributed by atoms with Crippen LogP contribution in [0.2, 0.25) is 0 Å². The van der Waals surface area contributed by atoms with E-state index in [0.717, 1.165) is 6.54 Å². The quantitative estimate of drug-likeness (QED) is 0.844. The summed E-state index contributed by atoms with van der Waals surface area (Å²) in [6.07, 6.45) is 3.16. The van der Waals surface area contributed by atoms with Crippen LogP contribution >= 0.6 is 0 Å². The summed E-state index contributed by atoms with van der Waals surface area (Å²) in [5.74, 6) is 0. The van der Waals surface area contributed by atoms with E-state index in [2.05, 4.69) is 16.9 Å². The highest BCUT2D eigenvalue weighted by Crippen LogP contribution is 2.30. The van der Waals surface area contributed by atoms with E-state index < -0.39 is 9.84 Å². The molecule has 1 aromatic heterocycles. The summed E-state index contributed by atoms with van der Waals surface area (Å²) in [6.45, 7) is 5.33. The minimum absolute atomic E-state index is 0.0455. The lowest BCUT2D eigenvalue weighted by Gasteiger charge is -2.15. The van der Waals surface area contributed by atoms with E-state index in [9.17, 15) is 8.42 Å². The van der Waals surface area contributed by atoms with Crippen LogP contribution in [-0.4, -0.2) is 45.5 Å². The fraction of sp³-hybridized carbons (Fsp3) is 0.235. The number of aromatic nitrogens is 1. The molecular weight excluding hydrogens is 310 g/mol. The van der Waals surface area contributed by atoms with Gasteiger partial charge in [-0.25, -0.2) is 8.42 Å². The molecule has 0 aliphatic rings. The number of hydrogen-bond donors (Lipinski definition) is 1. The molecule has 23 heavy (non-hydrogen) atoms. The first-order chi connectivity index (χ1) is 10.9. The molecule has 0 aliphatic heterocycles. The third-order valence-electron chi connectivity index (χ3n) is 3.37. The first-order valence-corrected chi connectivity index (χ1v) is 8.73. The molecule has 0 spiro atoms. The molecule has 0 saturated carbocycles. The molecule has 0 radical (unpaired) electrons. The number of nitrogens with one attached hydrogen (secondary N) is 1. The number of hydrogen-bond acceptors (Lipinski definition) is 5. The molecule has 6 heteroatoms. The van der Waals surface area contributed by atoms with Gasteiger partial charge in [-0.15, -0.1) is 0 Å². The topological polar surface area (TPSA) is 62.3 Å². The highest BCUT2D eigenvalue weighted by atomic mass is 32.2. The van der Waals surface area contributed by atoms with E-state index in [0.29, 0.717) is 17.8 Å². The zero-order chi connectivity index (χ0) is 16.9. The van der Waals surface area contributed by atoms with Crippen LogP contribution in [0.25, 0.3) is 4.91 Å². The Kier molecular flexibility index (Phi) is 5.52. The lowest BCUT2D eigenvalue weighted by atomic mass is 10.2. The van der Waals surface area contributed by atoms with Crippen molar-refractivity contribution in [3.63, 3.8) is 0 Å². The van der Waals surface area contributed by atoms with Gasteiger partial charge in [0, 0.05) is 36.7 Å². The average molecular weight is 331 g/mol. The number of pyridine rings is 1. The molecule has 5 nitrogen and oxygen atoms in total. The zero-order valence-electron chi connectivity index (χ0n) is 13.4. The molecular formula is C17H21N3O2S. The van der Waals surface area contributed by atoms with Crippen LogP contribution < -0.4 is 5.32 Å². The molecule has 0 bridgehead atoms. The highest BCUT2D eigenvalue weighted by molar-refractivity contribution is 8.00. The molecule has 1 heterocycles. The van der Waals surface area contributed by atoms with Gasteiger partial charge in [-0.3, -0.25) is 4.98 Å². The number of rotatable bonds is 7. The Morgan fingerprint density at radius 3 is 2.57 bits per heavy atom. The SMILES string of the molecule is C=C(c1cnccc1NCCN(C)C)S(=O)(=O)c1ccccc1. The first kappa shape index (κ1) is 17.2. The van der Waals surface area contributed by atoms with E-state index in [4.69, 9.17) is 0 Å². The molecule has 0 fully saturated rings. The number of benzene rings is 1. The van der Waals surface area contributed by atoms with Crippen molar-refractivity contribution in [2.24, 2.45) is 0 Å². The molecule has 2 aromatic rings. The van der Waals surface area contributed by atoms with Crippen LogP contribution in [0.1, 0.15) is 5.56 Å². The van der Waals surface area contributed by atoms with Crippen LogP contribution in [0.5, 0.6) is 0 Å². The Morgan fingerprint density at radius 1 is 1.22 bits per heavy atom. The second-order valence-electron chi connectivity index (χ2n) is 5.39. The van der Waals surface area contributed by atoms with Gasteiger partial charge >= 0.3 is 0 Å². The first-order valence-electron chi connectivity index (χ1n) is 7.25. The van der Waals surface area contributed by atoms with E-state index in [1.54, 1.807) is 42.6 Å². The van der Waals surface area contributed by atoms with Crippen molar-refractivity contribution in [1.82, 2.24) is 9.88 Å². The lowest BCUT2D eigenvalue weighted by Crippen LogP contribution is -2.21. The van der Waals surface area contributed by atoms with Gasteiger partial charge < -0.3 is 10.2 Å². The Labute approximate surface area is 137 Å². The van der Waals surface area contributed by atoms with Crippen molar-refractivity contribution >= 4 is 20.4 Å². The molecule has 0 unspecified atom stereocenters. The van der Waals surface area contributed by atoms with Crippen LogP contribution in [0.3, 0.4) is 0 Å². The van der Waals surface area contributed by atoms with Gasteiger partial charge in [-0.2, -0.15) is 0 Å².